The second-order valence-corrected chi connectivity index (χ2v) is 6.85. The third-order valence-corrected chi connectivity index (χ3v) is 4.90. The molecule has 0 N–H and O–H groups in total. The number of hydrogen-bond acceptors (Lipinski definition) is 5. The lowest BCUT2D eigenvalue weighted by Crippen LogP contribution is -2.67. The van der Waals surface area contributed by atoms with Gasteiger partial charge in [-0.2, -0.15) is 0 Å². The molecule has 0 bridgehead atoms. The molecule has 1 spiro atoms. The highest BCUT2D eigenvalue weighted by atomic mass is 16.5. The van der Waals surface area contributed by atoms with Crippen molar-refractivity contribution in [3.8, 4) is 0 Å². The van der Waals surface area contributed by atoms with Crippen LogP contribution in [-0.2, 0) is 9.47 Å². The fourth-order valence-corrected chi connectivity index (χ4v) is 3.35. The van der Waals surface area contributed by atoms with E-state index < -0.39 is 0 Å². The van der Waals surface area contributed by atoms with Gasteiger partial charge in [0.2, 0.25) is 5.76 Å². The summed E-state index contributed by atoms with van der Waals surface area (Å²) < 4.78 is 17.2. The third-order valence-electron chi connectivity index (χ3n) is 4.90. The van der Waals surface area contributed by atoms with Crippen LogP contribution < -0.4 is 0 Å². The summed E-state index contributed by atoms with van der Waals surface area (Å²) in [6, 6.07) is 0. The molecule has 1 amide bonds. The van der Waals surface area contributed by atoms with Crippen molar-refractivity contribution in [1.82, 2.24) is 9.88 Å². The van der Waals surface area contributed by atoms with Gasteiger partial charge in [-0.15, -0.1) is 0 Å². The number of amides is 1. The lowest BCUT2D eigenvalue weighted by atomic mass is 9.84. The molecule has 6 heteroatoms. The van der Waals surface area contributed by atoms with Crippen LogP contribution in [0.25, 0.3) is 0 Å². The van der Waals surface area contributed by atoms with Crippen molar-refractivity contribution in [2.24, 2.45) is 5.92 Å². The number of likely N-dealkylation sites (tertiary alicyclic amines) is 1. The van der Waals surface area contributed by atoms with E-state index in [-0.39, 0.29) is 17.6 Å². The van der Waals surface area contributed by atoms with Crippen molar-refractivity contribution in [3.05, 3.63) is 17.8 Å². The van der Waals surface area contributed by atoms with E-state index in [1.54, 1.807) is 11.8 Å². The topological polar surface area (TPSA) is 64.8 Å². The average Bonchev–Trinajstić information content (AvgIpc) is 3.22. The predicted molar refractivity (Wildman–Crippen MR) is 77.5 cm³/mol. The first-order chi connectivity index (χ1) is 10.7. The second kappa shape index (κ2) is 5.35. The van der Waals surface area contributed by atoms with E-state index in [0.717, 1.165) is 32.0 Å². The van der Waals surface area contributed by atoms with Gasteiger partial charge in [-0.1, -0.05) is 0 Å². The van der Waals surface area contributed by atoms with Gasteiger partial charge in [-0.25, -0.2) is 4.98 Å². The summed E-state index contributed by atoms with van der Waals surface area (Å²) in [4.78, 5) is 18.1. The van der Waals surface area contributed by atoms with Gasteiger partial charge in [0.05, 0.1) is 24.9 Å². The van der Waals surface area contributed by atoms with E-state index in [1.165, 1.54) is 19.2 Å². The number of nitrogens with zero attached hydrogens (tertiary/aromatic N) is 2. The number of hydrogen-bond donors (Lipinski definition) is 0. The van der Waals surface area contributed by atoms with Crippen LogP contribution in [0.2, 0.25) is 0 Å². The first-order valence-corrected chi connectivity index (χ1v) is 8.10. The Morgan fingerprint density at radius 2 is 2.27 bits per heavy atom. The Hall–Kier alpha value is -1.40. The Kier molecular flexibility index (Phi) is 3.46. The Morgan fingerprint density at radius 1 is 1.45 bits per heavy atom. The first kappa shape index (κ1) is 14.2. The number of ether oxygens (including phenoxy) is 2. The quantitative estimate of drug-likeness (QED) is 0.848. The zero-order chi connectivity index (χ0) is 15.2. The SMILES string of the molecule is Cc1ncoc1C(=O)N1CC2(CC(OCC3CC3)CCO2)C1. The third kappa shape index (κ3) is 2.65. The molecule has 6 nitrogen and oxygen atoms in total. The van der Waals surface area contributed by atoms with Crippen LogP contribution in [0.5, 0.6) is 0 Å². The average molecular weight is 306 g/mol. The highest BCUT2D eigenvalue weighted by molar-refractivity contribution is 5.93. The van der Waals surface area contributed by atoms with Gasteiger partial charge in [0.15, 0.2) is 6.39 Å². The molecule has 2 aliphatic heterocycles. The maximum absolute atomic E-state index is 12.3. The molecule has 22 heavy (non-hydrogen) atoms. The Bertz CT molecular complexity index is 560. The number of rotatable bonds is 4. The summed E-state index contributed by atoms with van der Waals surface area (Å²) in [5, 5.41) is 0. The minimum atomic E-state index is -0.212. The van der Waals surface area contributed by atoms with Gasteiger partial charge in [-0.3, -0.25) is 4.79 Å². The molecular weight excluding hydrogens is 284 g/mol. The molecule has 3 heterocycles. The van der Waals surface area contributed by atoms with Gasteiger partial charge < -0.3 is 18.8 Å². The van der Waals surface area contributed by atoms with Crippen LogP contribution in [0.3, 0.4) is 0 Å². The molecule has 1 aliphatic carbocycles. The fraction of sp³-hybridized carbons (Fsp3) is 0.750. The van der Waals surface area contributed by atoms with Gasteiger partial charge in [0, 0.05) is 19.6 Å². The molecule has 1 aromatic rings. The number of carbonyl (C=O) groups excluding carboxylic acids is 1. The Morgan fingerprint density at radius 3 is 2.95 bits per heavy atom. The van der Waals surface area contributed by atoms with Crippen molar-refractivity contribution in [2.45, 2.75) is 44.3 Å². The number of carbonyl (C=O) groups is 1. The summed E-state index contributed by atoms with van der Waals surface area (Å²) >= 11 is 0. The lowest BCUT2D eigenvalue weighted by molar-refractivity contribution is -0.187. The maximum atomic E-state index is 12.3. The van der Waals surface area contributed by atoms with Crippen LogP contribution in [-0.4, -0.2) is 53.8 Å². The van der Waals surface area contributed by atoms with Gasteiger partial charge >= 0.3 is 0 Å². The van der Waals surface area contributed by atoms with Crippen molar-refractivity contribution in [1.29, 1.82) is 0 Å². The largest absolute Gasteiger partial charge is 0.438 e. The maximum Gasteiger partial charge on any atom is 0.291 e. The Balaban J connectivity index is 1.32. The standard InChI is InChI=1S/C16H22N2O4/c1-11-14(21-10-17-11)15(19)18-8-16(9-18)6-13(4-5-22-16)20-7-12-2-3-12/h10,12-13H,2-9H2,1H3. The predicted octanol–water partition coefficient (Wildman–Crippen LogP) is 1.78. The van der Waals surface area contributed by atoms with Crippen molar-refractivity contribution < 1.29 is 18.7 Å². The van der Waals surface area contributed by atoms with Gasteiger partial charge in [-0.05, 0) is 32.1 Å². The molecule has 4 rings (SSSR count). The van der Waals surface area contributed by atoms with Crippen LogP contribution in [0.4, 0.5) is 0 Å². The van der Waals surface area contributed by atoms with Crippen LogP contribution in [0.15, 0.2) is 10.8 Å². The second-order valence-electron chi connectivity index (χ2n) is 6.85. The monoisotopic (exact) mass is 306 g/mol. The van der Waals surface area contributed by atoms with E-state index in [4.69, 9.17) is 13.9 Å². The minimum Gasteiger partial charge on any atom is -0.438 e. The minimum absolute atomic E-state index is 0.0924. The molecule has 3 aliphatic rings. The molecular formula is C16H22N2O4. The molecule has 1 unspecified atom stereocenters. The number of aryl methyl sites for hydroxylation is 1. The van der Waals surface area contributed by atoms with E-state index in [1.807, 2.05) is 0 Å². The van der Waals surface area contributed by atoms with Crippen molar-refractivity contribution in [3.63, 3.8) is 0 Å². The Labute approximate surface area is 129 Å². The number of oxazole rings is 1. The molecule has 1 aromatic heterocycles. The molecule has 3 fully saturated rings. The zero-order valence-corrected chi connectivity index (χ0v) is 12.9. The molecule has 1 atom stereocenters. The normalized spacial score (nSPS) is 27.0. The smallest absolute Gasteiger partial charge is 0.291 e. The number of aromatic nitrogens is 1. The van der Waals surface area contributed by atoms with E-state index >= 15 is 0 Å². The van der Waals surface area contributed by atoms with Gasteiger partial charge in [0.25, 0.3) is 5.91 Å². The van der Waals surface area contributed by atoms with Crippen molar-refractivity contribution >= 4 is 5.91 Å². The van der Waals surface area contributed by atoms with Crippen LogP contribution in [0, 0.1) is 12.8 Å². The molecule has 2 saturated heterocycles. The highest BCUT2D eigenvalue weighted by Crippen LogP contribution is 2.37. The summed E-state index contributed by atoms with van der Waals surface area (Å²) in [5.74, 6) is 1.03. The lowest BCUT2D eigenvalue weighted by Gasteiger charge is -2.52. The summed E-state index contributed by atoms with van der Waals surface area (Å²) in [5.41, 5.74) is 0.428. The van der Waals surface area contributed by atoms with E-state index in [2.05, 4.69) is 4.98 Å². The molecule has 0 aromatic carbocycles. The molecule has 1 saturated carbocycles. The van der Waals surface area contributed by atoms with Gasteiger partial charge in [0.1, 0.15) is 5.60 Å². The van der Waals surface area contributed by atoms with Crippen molar-refractivity contribution in [2.75, 3.05) is 26.3 Å². The van der Waals surface area contributed by atoms with Crippen LogP contribution in [0.1, 0.15) is 41.9 Å². The fourth-order valence-electron chi connectivity index (χ4n) is 3.35. The molecule has 0 radical (unpaired) electrons. The summed E-state index contributed by atoms with van der Waals surface area (Å²) in [6.07, 6.45) is 6.07. The van der Waals surface area contributed by atoms with Crippen LogP contribution >= 0.6 is 0 Å². The summed E-state index contributed by atoms with van der Waals surface area (Å²) in [7, 11) is 0. The van der Waals surface area contributed by atoms with E-state index in [0.29, 0.717) is 24.5 Å². The van der Waals surface area contributed by atoms with E-state index in [9.17, 15) is 4.79 Å². The summed E-state index contributed by atoms with van der Waals surface area (Å²) in [6.45, 7) is 4.63. The molecule has 120 valence electrons. The first-order valence-electron chi connectivity index (χ1n) is 8.10. The zero-order valence-electron chi connectivity index (χ0n) is 12.9. The highest BCUT2D eigenvalue weighted by Gasteiger charge is 2.50.